The van der Waals surface area contributed by atoms with Gasteiger partial charge in [-0.2, -0.15) is 0 Å². The lowest BCUT2D eigenvalue weighted by molar-refractivity contribution is 0.404. The van der Waals surface area contributed by atoms with Gasteiger partial charge in [-0.05, 0) is 19.0 Å². The summed E-state index contributed by atoms with van der Waals surface area (Å²) in [6.45, 7) is 0.596. The monoisotopic (exact) mass is 180 g/mol. The maximum atomic E-state index is 5.92. The van der Waals surface area contributed by atoms with Gasteiger partial charge in [0.2, 0.25) is 0 Å². The first-order valence-corrected chi connectivity index (χ1v) is 4.38. The highest BCUT2D eigenvalue weighted by Gasteiger charge is 2.09. The van der Waals surface area contributed by atoms with Crippen LogP contribution < -0.4 is 16.2 Å². The summed E-state index contributed by atoms with van der Waals surface area (Å²) in [6, 6.07) is 7.73. The zero-order valence-electron chi connectivity index (χ0n) is 7.86. The number of rotatable bonds is 4. The van der Waals surface area contributed by atoms with E-state index in [4.69, 9.17) is 16.2 Å². The second-order valence-electron chi connectivity index (χ2n) is 2.93. The number of para-hydroxylation sites is 1. The van der Waals surface area contributed by atoms with Crippen LogP contribution in [-0.2, 0) is 0 Å². The second-order valence-corrected chi connectivity index (χ2v) is 2.93. The zero-order chi connectivity index (χ0) is 9.68. The summed E-state index contributed by atoms with van der Waals surface area (Å²) < 4.78 is 5.19. The second kappa shape index (κ2) is 4.84. The van der Waals surface area contributed by atoms with E-state index in [0.717, 1.165) is 17.7 Å². The van der Waals surface area contributed by atoms with Crippen LogP contribution in [0.5, 0.6) is 5.75 Å². The van der Waals surface area contributed by atoms with Gasteiger partial charge in [-0.15, -0.1) is 0 Å². The summed E-state index contributed by atoms with van der Waals surface area (Å²) in [6.07, 6.45) is 0.778. The Bertz CT molecular complexity index is 263. The number of hydrogen-bond donors (Lipinski definition) is 2. The molecule has 1 rings (SSSR count). The van der Waals surface area contributed by atoms with Gasteiger partial charge in [0.15, 0.2) is 0 Å². The summed E-state index contributed by atoms with van der Waals surface area (Å²) in [5.41, 5.74) is 12.4. The fraction of sp³-hybridized carbons (Fsp3) is 0.400. The van der Waals surface area contributed by atoms with Gasteiger partial charge in [-0.25, -0.2) is 0 Å². The van der Waals surface area contributed by atoms with Crippen molar-refractivity contribution in [1.29, 1.82) is 0 Å². The van der Waals surface area contributed by atoms with Crippen LogP contribution >= 0.6 is 0 Å². The first kappa shape index (κ1) is 10.0. The molecule has 3 nitrogen and oxygen atoms in total. The van der Waals surface area contributed by atoms with Gasteiger partial charge in [0.25, 0.3) is 0 Å². The quantitative estimate of drug-likeness (QED) is 0.728. The Kier molecular flexibility index (Phi) is 3.73. The number of methoxy groups -OCH3 is 1. The molecule has 0 fully saturated rings. The summed E-state index contributed by atoms with van der Waals surface area (Å²) in [7, 11) is 1.65. The van der Waals surface area contributed by atoms with E-state index < -0.39 is 0 Å². The molecule has 1 aromatic rings. The lowest BCUT2D eigenvalue weighted by Crippen LogP contribution is -2.15. The van der Waals surface area contributed by atoms with Crippen LogP contribution in [0.3, 0.4) is 0 Å². The van der Waals surface area contributed by atoms with Gasteiger partial charge in [-0.1, -0.05) is 18.2 Å². The normalized spacial score (nSPS) is 12.5. The van der Waals surface area contributed by atoms with Crippen molar-refractivity contribution in [3.05, 3.63) is 29.8 Å². The van der Waals surface area contributed by atoms with E-state index in [0.29, 0.717) is 6.54 Å². The van der Waals surface area contributed by atoms with Gasteiger partial charge in [0, 0.05) is 11.6 Å². The molecule has 0 heterocycles. The largest absolute Gasteiger partial charge is 0.496 e. The minimum atomic E-state index is -0.0267. The van der Waals surface area contributed by atoms with E-state index in [-0.39, 0.29) is 6.04 Å². The Hall–Kier alpha value is -1.06. The first-order chi connectivity index (χ1) is 6.29. The highest BCUT2D eigenvalue weighted by atomic mass is 16.5. The van der Waals surface area contributed by atoms with Crippen molar-refractivity contribution in [1.82, 2.24) is 0 Å². The Labute approximate surface area is 78.7 Å². The average molecular weight is 180 g/mol. The highest BCUT2D eigenvalue weighted by molar-refractivity contribution is 5.35. The van der Waals surface area contributed by atoms with E-state index in [1.54, 1.807) is 7.11 Å². The van der Waals surface area contributed by atoms with E-state index in [1.807, 2.05) is 24.3 Å². The van der Waals surface area contributed by atoms with Crippen molar-refractivity contribution in [3.8, 4) is 5.75 Å². The molecule has 0 amide bonds. The minimum absolute atomic E-state index is 0.0267. The van der Waals surface area contributed by atoms with Gasteiger partial charge < -0.3 is 16.2 Å². The average Bonchev–Trinajstić information content (AvgIpc) is 2.18. The van der Waals surface area contributed by atoms with E-state index in [2.05, 4.69) is 0 Å². The predicted octanol–water partition coefficient (Wildman–Crippen LogP) is 1.04. The first-order valence-electron chi connectivity index (χ1n) is 4.38. The van der Waals surface area contributed by atoms with E-state index in [9.17, 15) is 0 Å². The number of benzene rings is 1. The van der Waals surface area contributed by atoms with Crippen LogP contribution in [-0.4, -0.2) is 13.7 Å². The Morgan fingerprint density at radius 2 is 2.08 bits per heavy atom. The molecule has 0 aliphatic rings. The van der Waals surface area contributed by atoms with Crippen molar-refractivity contribution in [3.63, 3.8) is 0 Å². The molecule has 4 N–H and O–H groups in total. The van der Waals surface area contributed by atoms with Crippen molar-refractivity contribution in [2.75, 3.05) is 13.7 Å². The molecule has 1 aromatic carbocycles. The zero-order valence-corrected chi connectivity index (χ0v) is 7.86. The van der Waals surface area contributed by atoms with Crippen LogP contribution in [0.15, 0.2) is 24.3 Å². The van der Waals surface area contributed by atoms with Crippen LogP contribution in [0.2, 0.25) is 0 Å². The SMILES string of the molecule is COc1ccccc1[C@H](N)CCN. The lowest BCUT2D eigenvalue weighted by Gasteiger charge is -2.14. The summed E-state index contributed by atoms with van der Waals surface area (Å²) in [5.74, 6) is 0.837. The molecule has 1 atom stereocenters. The molecule has 0 saturated carbocycles. The number of nitrogens with two attached hydrogens (primary N) is 2. The van der Waals surface area contributed by atoms with E-state index >= 15 is 0 Å². The molecule has 0 radical (unpaired) electrons. The lowest BCUT2D eigenvalue weighted by atomic mass is 10.0. The molecule has 0 aliphatic heterocycles. The summed E-state index contributed by atoms with van der Waals surface area (Å²) >= 11 is 0. The maximum Gasteiger partial charge on any atom is 0.123 e. The van der Waals surface area contributed by atoms with Crippen molar-refractivity contribution in [2.24, 2.45) is 11.5 Å². The van der Waals surface area contributed by atoms with Crippen LogP contribution in [0.25, 0.3) is 0 Å². The van der Waals surface area contributed by atoms with Gasteiger partial charge >= 0.3 is 0 Å². The third-order valence-corrected chi connectivity index (χ3v) is 2.02. The topological polar surface area (TPSA) is 61.3 Å². The molecular formula is C10H16N2O. The molecule has 3 heteroatoms. The Morgan fingerprint density at radius 1 is 1.38 bits per heavy atom. The van der Waals surface area contributed by atoms with Gasteiger partial charge in [0.05, 0.1) is 7.11 Å². The minimum Gasteiger partial charge on any atom is -0.496 e. The molecule has 0 aromatic heterocycles. The fourth-order valence-corrected chi connectivity index (χ4v) is 1.31. The Morgan fingerprint density at radius 3 is 2.69 bits per heavy atom. The summed E-state index contributed by atoms with van der Waals surface area (Å²) in [4.78, 5) is 0. The van der Waals surface area contributed by atoms with Crippen LogP contribution in [0.4, 0.5) is 0 Å². The molecule has 0 saturated heterocycles. The smallest absolute Gasteiger partial charge is 0.123 e. The molecule has 72 valence electrons. The van der Waals surface area contributed by atoms with Crippen LogP contribution in [0.1, 0.15) is 18.0 Å². The predicted molar refractivity (Wildman–Crippen MR) is 53.6 cm³/mol. The summed E-state index contributed by atoms with van der Waals surface area (Å²) in [5, 5.41) is 0. The molecule has 0 bridgehead atoms. The number of hydrogen-bond acceptors (Lipinski definition) is 3. The highest BCUT2D eigenvalue weighted by Crippen LogP contribution is 2.24. The van der Waals surface area contributed by atoms with Crippen molar-refractivity contribution in [2.45, 2.75) is 12.5 Å². The van der Waals surface area contributed by atoms with Crippen LogP contribution in [0, 0.1) is 0 Å². The van der Waals surface area contributed by atoms with E-state index in [1.165, 1.54) is 0 Å². The third-order valence-electron chi connectivity index (χ3n) is 2.02. The maximum absolute atomic E-state index is 5.92. The van der Waals surface area contributed by atoms with Crippen molar-refractivity contribution < 1.29 is 4.74 Å². The van der Waals surface area contributed by atoms with Gasteiger partial charge in [0.1, 0.15) is 5.75 Å². The fourth-order valence-electron chi connectivity index (χ4n) is 1.31. The molecule has 13 heavy (non-hydrogen) atoms. The molecule has 0 unspecified atom stereocenters. The third kappa shape index (κ3) is 2.44. The standard InChI is InChI=1S/C10H16N2O/c1-13-10-5-3-2-4-8(10)9(12)6-7-11/h2-5,9H,6-7,11-12H2,1H3/t9-/m1/s1. The Balaban J connectivity index is 2.85. The van der Waals surface area contributed by atoms with Gasteiger partial charge in [-0.3, -0.25) is 0 Å². The number of ether oxygens (including phenoxy) is 1. The van der Waals surface area contributed by atoms with Crippen molar-refractivity contribution >= 4 is 0 Å². The molecule has 0 aliphatic carbocycles. The molecule has 0 spiro atoms. The molecular weight excluding hydrogens is 164 g/mol.